The van der Waals surface area contributed by atoms with E-state index in [4.69, 9.17) is 9.47 Å². The van der Waals surface area contributed by atoms with Gasteiger partial charge in [0.25, 0.3) is 10.0 Å². The molecule has 0 radical (unpaired) electrons. The molecule has 2 aliphatic rings. The summed E-state index contributed by atoms with van der Waals surface area (Å²) in [5.74, 6) is -0.186. The van der Waals surface area contributed by atoms with Crippen molar-refractivity contribution in [2.45, 2.75) is 10.8 Å². The summed E-state index contributed by atoms with van der Waals surface area (Å²) in [5, 5.41) is 1.72. The number of carbonyl (C=O) groups excluding carboxylic acids is 1. The highest BCUT2D eigenvalue weighted by Gasteiger charge is 2.30. The molecular formula is C19H19FN2O5S2. The van der Waals surface area contributed by atoms with Crippen LogP contribution in [0.3, 0.4) is 0 Å². The van der Waals surface area contributed by atoms with Crippen molar-refractivity contribution in [2.24, 2.45) is 0 Å². The van der Waals surface area contributed by atoms with Crippen LogP contribution in [0.4, 0.5) is 4.39 Å². The van der Waals surface area contributed by atoms with E-state index in [9.17, 15) is 17.6 Å². The Hall–Kier alpha value is -2.27. The highest BCUT2D eigenvalue weighted by Crippen LogP contribution is 2.30. The van der Waals surface area contributed by atoms with Crippen LogP contribution in [0.15, 0.2) is 39.9 Å². The molecule has 4 rings (SSSR count). The summed E-state index contributed by atoms with van der Waals surface area (Å²) in [6.07, 6.45) is 2.88. The molecular weight excluding hydrogens is 419 g/mol. The first-order valence-electron chi connectivity index (χ1n) is 8.99. The molecule has 7 nitrogen and oxygen atoms in total. The maximum atomic E-state index is 13.8. The molecule has 0 aliphatic carbocycles. The molecule has 1 fully saturated rings. The topological polar surface area (TPSA) is 76.2 Å². The van der Waals surface area contributed by atoms with Crippen molar-refractivity contribution < 1.29 is 27.1 Å². The minimum absolute atomic E-state index is 0.0775. The third kappa shape index (κ3) is 4.20. The molecule has 0 N–H and O–H groups in total. The number of rotatable bonds is 4. The van der Waals surface area contributed by atoms with Crippen molar-refractivity contribution >= 4 is 33.3 Å². The quantitative estimate of drug-likeness (QED) is 0.685. The summed E-state index contributed by atoms with van der Waals surface area (Å²) in [6, 6.07) is 5.93. The van der Waals surface area contributed by atoms with Crippen LogP contribution in [0.1, 0.15) is 11.1 Å². The zero-order valence-electron chi connectivity index (χ0n) is 15.4. The zero-order valence-corrected chi connectivity index (χ0v) is 17.0. The van der Waals surface area contributed by atoms with Crippen molar-refractivity contribution in [1.82, 2.24) is 9.21 Å². The second kappa shape index (κ2) is 8.23. The van der Waals surface area contributed by atoms with Gasteiger partial charge in [-0.05, 0) is 29.7 Å². The average molecular weight is 439 g/mol. The molecule has 1 aromatic heterocycles. The van der Waals surface area contributed by atoms with Gasteiger partial charge >= 0.3 is 0 Å². The van der Waals surface area contributed by atoms with Crippen LogP contribution in [0.5, 0.6) is 5.75 Å². The Kier molecular flexibility index (Phi) is 5.68. The van der Waals surface area contributed by atoms with E-state index in [1.54, 1.807) is 22.4 Å². The number of benzene rings is 1. The second-order valence-electron chi connectivity index (χ2n) is 6.59. The molecule has 0 bridgehead atoms. The van der Waals surface area contributed by atoms with Gasteiger partial charge in [0.15, 0.2) is 6.79 Å². The van der Waals surface area contributed by atoms with Crippen molar-refractivity contribution in [3.05, 3.63) is 52.7 Å². The van der Waals surface area contributed by atoms with Gasteiger partial charge in [0.2, 0.25) is 5.91 Å². The molecule has 10 heteroatoms. The van der Waals surface area contributed by atoms with E-state index >= 15 is 0 Å². The van der Waals surface area contributed by atoms with Crippen LogP contribution in [0, 0.1) is 5.82 Å². The molecule has 0 saturated carbocycles. The number of fused-ring (bicyclic) bond motifs is 1. The van der Waals surface area contributed by atoms with E-state index in [1.807, 2.05) is 0 Å². The van der Waals surface area contributed by atoms with E-state index in [1.165, 1.54) is 39.9 Å². The Morgan fingerprint density at radius 1 is 1.21 bits per heavy atom. The zero-order chi connectivity index (χ0) is 20.4. The fourth-order valence-corrected chi connectivity index (χ4v) is 5.85. The first-order chi connectivity index (χ1) is 13.9. The first kappa shape index (κ1) is 20.0. The Morgan fingerprint density at radius 3 is 2.72 bits per heavy atom. The van der Waals surface area contributed by atoms with Gasteiger partial charge in [-0.2, -0.15) is 4.31 Å². The summed E-state index contributed by atoms with van der Waals surface area (Å²) in [6.45, 7) is 1.38. The number of nitrogens with zero attached hydrogens (tertiary/aromatic N) is 2. The second-order valence-corrected chi connectivity index (χ2v) is 9.70. The lowest BCUT2D eigenvalue weighted by Gasteiger charge is -2.33. The van der Waals surface area contributed by atoms with Crippen molar-refractivity contribution in [3.63, 3.8) is 0 Å². The van der Waals surface area contributed by atoms with Gasteiger partial charge in [-0.1, -0.05) is 6.07 Å². The van der Waals surface area contributed by atoms with Crippen LogP contribution >= 0.6 is 11.3 Å². The average Bonchev–Trinajstić information content (AvgIpc) is 3.27. The monoisotopic (exact) mass is 438 g/mol. The molecule has 3 heterocycles. The molecule has 1 saturated heterocycles. The first-order valence-corrected chi connectivity index (χ1v) is 11.3. The molecule has 1 amide bonds. The summed E-state index contributed by atoms with van der Waals surface area (Å²) >= 11 is 1.18. The number of sulfonamides is 1. The van der Waals surface area contributed by atoms with Crippen LogP contribution in [0.25, 0.3) is 6.08 Å². The van der Waals surface area contributed by atoms with Crippen molar-refractivity contribution in [3.8, 4) is 5.75 Å². The van der Waals surface area contributed by atoms with Gasteiger partial charge < -0.3 is 14.4 Å². The number of amides is 1. The Balaban J connectivity index is 1.41. The van der Waals surface area contributed by atoms with Gasteiger partial charge in [-0.15, -0.1) is 11.3 Å². The lowest BCUT2D eigenvalue weighted by molar-refractivity contribution is -0.127. The number of thiophene rings is 1. The Labute approximate surface area is 172 Å². The lowest BCUT2D eigenvalue weighted by Crippen LogP contribution is -2.50. The number of piperazine rings is 1. The fourth-order valence-electron chi connectivity index (χ4n) is 3.29. The van der Waals surface area contributed by atoms with Gasteiger partial charge in [0.1, 0.15) is 15.8 Å². The van der Waals surface area contributed by atoms with E-state index in [0.717, 1.165) is 0 Å². The third-order valence-electron chi connectivity index (χ3n) is 4.75. The standard InChI is InChI=1S/C19H19FN2O5S2/c20-16-10-14(19-15(11-16)12-26-13-27-19)3-4-17(23)21-5-7-22(8-6-21)29(24,25)18-2-1-9-28-18/h1-4,9-11H,5-8,12-13H2. The molecule has 2 aromatic rings. The minimum atomic E-state index is -3.51. The molecule has 0 unspecified atom stereocenters. The summed E-state index contributed by atoms with van der Waals surface area (Å²) in [4.78, 5) is 14.1. The van der Waals surface area contributed by atoms with E-state index in [2.05, 4.69) is 0 Å². The summed E-state index contributed by atoms with van der Waals surface area (Å²) in [5.41, 5.74) is 1.06. The summed E-state index contributed by atoms with van der Waals surface area (Å²) in [7, 11) is -3.51. The van der Waals surface area contributed by atoms with Gasteiger partial charge in [-0.25, -0.2) is 12.8 Å². The SMILES string of the molecule is O=C(C=Cc1cc(F)cc2c1OCOC2)N1CCN(S(=O)(=O)c2cccs2)CC1. The number of ether oxygens (including phenoxy) is 2. The van der Waals surface area contributed by atoms with Gasteiger partial charge in [0, 0.05) is 43.4 Å². The van der Waals surface area contributed by atoms with Gasteiger partial charge in [-0.3, -0.25) is 4.79 Å². The molecule has 154 valence electrons. The molecule has 2 aliphatic heterocycles. The highest BCUT2D eigenvalue weighted by atomic mass is 32.2. The predicted octanol–water partition coefficient (Wildman–Crippen LogP) is 2.30. The smallest absolute Gasteiger partial charge is 0.252 e. The number of carbonyl (C=O) groups is 1. The van der Waals surface area contributed by atoms with Crippen LogP contribution < -0.4 is 4.74 Å². The maximum absolute atomic E-state index is 13.8. The fraction of sp³-hybridized carbons (Fsp3) is 0.316. The lowest BCUT2D eigenvalue weighted by atomic mass is 10.1. The number of halogens is 1. The largest absolute Gasteiger partial charge is 0.467 e. The molecule has 0 spiro atoms. The molecule has 29 heavy (non-hydrogen) atoms. The van der Waals surface area contributed by atoms with Crippen LogP contribution in [0.2, 0.25) is 0 Å². The predicted molar refractivity (Wildman–Crippen MR) is 105 cm³/mol. The molecule has 1 aromatic carbocycles. The minimum Gasteiger partial charge on any atom is -0.467 e. The van der Waals surface area contributed by atoms with E-state index in [-0.39, 0.29) is 32.4 Å². The molecule has 0 atom stereocenters. The Bertz CT molecular complexity index is 1030. The maximum Gasteiger partial charge on any atom is 0.252 e. The summed E-state index contributed by atoms with van der Waals surface area (Å²) < 4.78 is 51.2. The van der Waals surface area contributed by atoms with Crippen LogP contribution in [-0.4, -0.2) is 56.5 Å². The normalized spacial score (nSPS) is 17.9. The Morgan fingerprint density at radius 2 is 2.00 bits per heavy atom. The number of hydrogen-bond acceptors (Lipinski definition) is 6. The van der Waals surface area contributed by atoms with Gasteiger partial charge in [0.05, 0.1) is 6.61 Å². The highest BCUT2D eigenvalue weighted by molar-refractivity contribution is 7.91. The van der Waals surface area contributed by atoms with E-state index in [0.29, 0.717) is 34.2 Å². The number of hydrogen-bond donors (Lipinski definition) is 0. The van der Waals surface area contributed by atoms with Crippen molar-refractivity contribution in [2.75, 3.05) is 33.0 Å². The van der Waals surface area contributed by atoms with Crippen LogP contribution in [-0.2, 0) is 26.2 Å². The third-order valence-corrected chi connectivity index (χ3v) is 8.02. The van der Waals surface area contributed by atoms with E-state index < -0.39 is 15.8 Å². The van der Waals surface area contributed by atoms with Crippen molar-refractivity contribution in [1.29, 1.82) is 0 Å².